The Morgan fingerprint density at radius 2 is 1.22 bits per heavy atom. The molecule has 0 radical (unpaired) electrons. The molecule has 0 atom stereocenters. The van der Waals surface area contributed by atoms with Crippen molar-refractivity contribution >= 4 is 29.8 Å². The predicted octanol–water partition coefficient (Wildman–Crippen LogP) is 4.31. The zero-order chi connectivity index (χ0) is 27.0. The van der Waals surface area contributed by atoms with Gasteiger partial charge in [0.1, 0.15) is 0 Å². The molecule has 3 aromatic rings. The summed E-state index contributed by atoms with van der Waals surface area (Å²) in [6, 6.07) is 32.3. The third kappa shape index (κ3) is 15.9. The molecular weight excluding hydrogens is 533 g/mol. The maximum Gasteiger partial charge on any atom is 0 e. The van der Waals surface area contributed by atoms with Crippen LogP contribution in [-0.4, -0.2) is 24.5 Å². The van der Waals surface area contributed by atoms with E-state index in [-0.39, 0.29) is 23.6 Å². The summed E-state index contributed by atoms with van der Waals surface area (Å²) in [5.41, 5.74) is 0. The predicted molar refractivity (Wildman–Crippen MR) is 140 cm³/mol. The number of carbonyl (C=O) groups excluding carboxylic acids is 1. The van der Waals surface area contributed by atoms with Crippen LogP contribution in [0.3, 0.4) is 0 Å². The molecule has 0 saturated heterocycles. The Morgan fingerprint density at radius 1 is 0.838 bits per heavy atom. The van der Waals surface area contributed by atoms with Crippen molar-refractivity contribution < 1.29 is 40.8 Å². The number of methoxy groups -OCH3 is 1. The summed E-state index contributed by atoms with van der Waals surface area (Å²) < 4.78 is 19.3. The molecule has 0 aromatic heterocycles. The Labute approximate surface area is 229 Å². The van der Waals surface area contributed by atoms with E-state index >= 15 is 0 Å². The van der Waals surface area contributed by atoms with Gasteiger partial charge in [-0.3, -0.25) is 10.1 Å². The first-order valence-corrected chi connectivity index (χ1v) is 11.8. The molecule has 0 unspecified atom stereocenters. The molecule has 3 aromatic carbocycles. The van der Waals surface area contributed by atoms with Gasteiger partial charge in [0.05, 0.1) is 7.11 Å². The second-order valence-electron chi connectivity index (χ2n) is 6.50. The summed E-state index contributed by atoms with van der Waals surface area (Å²) in [4.78, 5) is 20.0. The molecule has 0 aliphatic rings. The van der Waals surface area contributed by atoms with Crippen molar-refractivity contribution in [2.24, 2.45) is 0 Å². The number of nitrogens with zero attached hydrogens (tertiary/aromatic N) is 1. The van der Waals surface area contributed by atoms with Crippen molar-refractivity contribution in [1.82, 2.24) is 0 Å². The van der Waals surface area contributed by atoms with Gasteiger partial charge in [0.15, 0.2) is 0 Å². The topological polar surface area (TPSA) is 109 Å². The average Bonchev–Trinajstić information content (AvgIpc) is 2.95. The van der Waals surface area contributed by atoms with Gasteiger partial charge in [-0.05, 0) is 23.8 Å². The van der Waals surface area contributed by atoms with Crippen LogP contribution in [0.5, 0.6) is 0 Å². The first kappa shape index (κ1) is 35.6. The Balaban J connectivity index is 0. The Kier molecular flexibility index (Phi) is 23.2. The maximum absolute atomic E-state index is 10.5. The van der Waals surface area contributed by atoms with Crippen LogP contribution < -0.4 is 15.9 Å². The summed E-state index contributed by atoms with van der Waals surface area (Å²) in [7, 11) is 0.835. The molecule has 0 heterocycles. The van der Waals surface area contributed by atoms with Gasteiger partial charge in [-0.15, -0.1) is 0 Å². The molecule has 0 fully saturated rings. The van der Waals surface area contributed by atoms with Crippen LogP contribution in [-0.2, 0) is 35.9 Å². The van der Waals surface area contributed by atoms with E-state index in [1.165, 1.54) is 35.2 Å². The van der Waals surface area contributed by atoms with Gasteiger partial charge in [-0.1, -0.05) is 109 Å². The summed E-state index contributed by atoms with van der Waals surface area (Å²) in [6.07, 6.45) is 6.26. The van der Waals surface area contributed by atoms with E-state index in [4.69, 9.17) is 9.30 Å². The fourth-order valence-corrected chi connectivity index (χ4v) is 5.04. The molecule has 9 heteroatoms. The van der Waals surface area contributed by atoms with Gasteiger partial charge in [-0.2, -0.15) is 0 Å². The SMILES string of the molecule is COC(=O)/C=C/C=C\CC[N+](=O)[O-].[C-]#[O+].[C-]#[O+].[Fe].c1ccc(P(c2ccccc2)c2ccccc2)cc1. The van der Waals surface area contributed by atoms with E-state index < -0.39 is 18.8 Å². The monoisotopic (exact) mass is 559 g/mol. The second kappa shape index (κ2) is 24.1. The van der Waals surface area contributed by atoms with Crippen molar-refractivity contribution in [3.63, 3.8) is 0 Å². The fourth-order valence-electron chi connectivity index (χ4n) is 2.74. The summed E-state index contributed by atoms with van der Waals surface area (Å²) in [6.45, 7) is 8.91. The Bertz CT molecular complexity index is 1000. The van der Waals surface area contributed by atoms with Crippen molar-refractivity contribution in [1.29, 1.82) is 0 Å². The molecule has 0 bridgehead atoms. The third-order valence-corrected chi connectivity index (χ3v) is 6.65. The number of nitro groups is 1. The van der Waals surface area contributed by atoms with E-state index in [1.807, 2.05) is 0 Å². The largest absolute Gasteiger partial charge is 0.0622 e. The number of hydrogen-bond acceptors (Lipinski definition) is 4. The van der Waals surface area contributed by atoms with E-state index in [9.17, 15) is 14.9 Å². The normalized spacial score (nSPS) is 9.35. The number of hydrogen-bond donors (Lipinski definition) is 0. The molecular formula is C28H26FeNO6P. The van der Waals surface area contributed by atoms with Crippen LogP contribution in [0.1, 0.15) is 6.42 Å². The van der Waals surface area contributed by atoms with Gasteiger partial charge < -0.3 is 4.74 Å². The smallest absolute Gasteiger partial charge is 0 e. The van der Waals surface area contributed by atoms with Crippen LogP contribution in [0.15, 0.2) is 115 Å². The minimum Gasteiger partial charge on any atom is -0.0622 e. The molecule has 0 aliphatic heterocycles. The molecule has 7 nitrogen and oxygen atoms in total. The van der Waals surface area contributed by atoms with Crippen molar-refractivity contribution in [2.75, 3.05) is 13.7 Å². The van der Waals surface area contributed by atoms with Gasteiger partial charge in [0, 0.05) is 34.5 Å². The van der Waals surface area contributed by atoms with E-state index in [0.717, 1.165) is 0 Å². The van der Waals surface area contributed by atoms with Crippen LogP contribution >= 0.6 is 7.92 Å². The number of ether oxygens (including phenoxy) is 1. The molecule has 37 heavy (non-hydrogen) atoms. The van der Waals surface area contributed by atoms with Gasteiger partial charge >= 0.3 is 28.6 Å². The first-order valence-electron chi connectivity index (χ1n) is 10.5. The van der Waals surface area contributed by atoms with Crippen molar-refractivity contribution in [3.8, 4) is 0 Å². The molecule has 192 valence electrons. The van der Waals surface area contributed by atoms with Crippen molar-refractivity contribution in [3.05, 3.63) is 139 Å². The van der Waals surface area contributed by atoms with Gasteiger partial charge in [-0.25, -0.2) is 4.79 Å². The Morgan fingerprint density at radius 3 is 1.54 bits per heavy atom. The van der Waals surface area contributed by atoms with Gasteiger partial charge in [0.25, 0.3) is 0 Å². The van der Waals surface area contributed by atoms with Crippen molar-refractivity contribution in [2.45, 2.75) is 6.42 Å². The quantitative estimate of drug-likeness (QED) is 0.0472. The van der Waals surface area contributed by atoms with E-state index in [0.29, 0.717) is 6.42 Å². The fraction of sp³-hybridized carbons (Fsp3) is 0.107. The number of carbonyl (C=O) groups is 1. The van der Waals surface area contributed by atoms with E-state index in [1.54, 1.807) is 12.2 Å². The first-order chi connectivity index (χ1) is 17.6. The molecule has 0 aliphatic carbocycles. The zero-order valence-electron chi connectivity index (χ0n) is 20.1. The third-order valence-electron chi connectivity index (χ3n) is 4.20. The van der Waals surface area contributed by atoms with Crippen LogP contribution in [0.25, 0.3) is 0 Å². The number of allylic oxidation sites excluding steroid dienone is 2. The number of esters is 1. The summed E-state index contributed by atoms with van der Waals surface area (Å²) in [5.74, 6) is -0.445. The maximum atomic E-state index is 10.5. The minimum atomic E-state index is -0.446. The minimum absolute atomic E-state index is 0. The van der Waals surface area contributed by atoms with E-state index in [2.05, 4.69) is 109 Å². The molecule has 3 rings (SSSR count). The Hall–Kier alpha value is -3.56. The number of rotatable bonds is 8. The average molecular weight is 559 g/mol. The van der Waals surface area contributed by atoms with Crippen LogP contribution in [0.2, 0.25) is 0 Å². The molecule has 0 spiro atoms. The zero-order valence-corrected chi connectivity index (χ0v) is 22.1. The van der Waals surface area contributed by atoms with Crippen LogP contribution in [0, 0.1) is 23.4 Å². The molecule has 0 N–H and O–H groups in total. The number of benzene rings is 3. The van der Waals surface area contributed by atoms with Crippen LogP contribution in [0.4, 0.5) is 0 Å². The molecule has 0 amide bonds. The summed E-state index contributed by atoms with van der Waals surface area (Å²) >= 11 is 0. The summed E-state index contributed by atoms with van der Waals surface area (Å²) in [5, 5.41) is 14.1. The standard InChI is InChI=1S/C18H15P.C8H11NO4.2CO.Fe/c1-4-10-16(11-5-1)19(17-12-6-2-7-13-17)18-14-8-3-9-15-18;1-13-8(10)6-4-2-3-5-7-9(11)12;2*1-2;/h1-15H;2-4,6H,5,7H2,1H3;;;/b;3-2-,6-4+;;;. The second-order valence-corrected chi connectivity index (χ2v) is 8.72. The molecule has 0 saturated carbocycles. The van der Waals surface area contributed by atoms with Gasteiger partial charge in [0.2, 0.25) is 6.54 Å².